The van der Waals surface area contributed by atoms with Crippen molar-refractivity contribution in [2.45, 2.75) is 52.7 Å². The van der Waals surface area contributed by atoms with Crippen LogP contribution < -0.4 is 5.46 Å². The maximum absolute atomic E-state index is 6.22. The molecule has 0 spiro atoms. The molecule has 1 aliphatic heterocycles. The van der Waals surface area contributed by atoms with Gasteiger partial charge in [-0.25, -0.2) is 9.97 Å². The quantitative estimate of drug-likeness (QED) is 0.228. The van der Waals surface area contributed by atoms with Crippen LogP contribution in [-0.2, 0) is 9.31 Å². The third-order valence-corrected chi connectivity index (χ3v) is 7.53. The average Bonchev–Trinajstić information content (AvgIpc) is 3.20. The Bertz CT molecular complexity index is 1550. The van der Waals surface area contributed by atoms with Crippen LogP contribution in [0.3, 0.4) is 0 Å². The number of rotatable bonds is 4. The smallest absolute Gasteiger partial charge is 0.399 e. The van der Waals surface area contributed by atoms with Gasteiger partial charge in [-0.3, -0.25) is 0 Å². The van der Waals surface area contributed by atoms with Crippen molar-refractivity contribution in [1.82, 2.24) is 9.97 Å². The summed E-state index contributed by atoms with van der Waals surface area (Å²) in [4.78, 5) is 10.2. The van der Waals surface area contributed by atoms with Crippen molar-refractivity contribution in [3.63, 3.8) is 0 Å². The Morgan fingerprint density at radius 1 is 0.513 bits per heavy atom. The molecule has 4 aromatic carbocycles. The molecular weight excluding hydrogens is 479 g/mol. The minimum absolute atomic E-state index is 0.359. The van der Waals surface area contributed by atoms with E-state index in [-0.39, 0.29) is 18.3 Å². The molecule has 1 fully saturated rings. The molecule has 6 rings (SSSR count). The topological polar surface area (TPSA) is 44.2 Å². The number of hydrogen-bond acceptors (Lipinski definition) is 4. The molecular formula is C34H35BN2O2. The first kappa shape index (κ1) is 26.8. The Morgan fingerprint density at radius 2 is 0.974 bits per heavy atom. The highest BCUT2D eigenvalue weighted by atomic mass is 16.7. The van der Waals surface area contributed by atoms with Crippen LogP contribution in [0.2, 0.25) is 0 Å². The summed E-state index contributed by atoms with van der Waals surface area (Å²) in [5, 5.41) is 0. The largest absolute Gasteiger partial charge is 0.494 e. The third kappa shape index (κ3) is 5.25. The van der Waals surface area contributed by atoms with Gasteiger partial charge >= 0.3 is 7.12 Å². The molecule has 5 aromatic rings. The SMILES string of the molecule is CC.CC1(C)OB(c2ccc(-c3ccc4nc(-c5ccccc5)c(-c5ccccc5)nc4c3)cc2)OC1(C)C. The molecule has 196 valence electrons. The number of aromatic nitrogens is 2. The van der Waals surface area contributed by atoms with E-state index in [2.05, 4.69) is 94.4 Å². The van der Waals surface area contributed by atoms with Crippen molar-refractivity contribution < 1.29 is 9.31 Å². The van der Waals surface area contributed by atoms with E-state index in [4.69, 9.17) is 19.3 Å². The fourth-order valence-electron chi connectivity index (χ4n) is 4.64. The van der Waals surface area contributed by atoms with Gasteiger partial charge in [-0.1, -0.05) is 105 Å². The van der Waals surface area contributed by atoms with Gasteiger partial charge in [-0.15, -0.1) is 0 Å². The lowest BCUT2D eigenvalue weighted by Gasteiger charge is -2.32. The first-order chi connectivity index (χ1) is 18.8. The molecule has 0 saturated carbocycles. The second kappa shape index (κ2) is 10.8. The van der Waals surface area contributed by atoms with E-state index in [1.165, 1.54) is 0 Å². The van der Waals surface area contributed by atoms with Crippen LogP contribution in [-0.4, -0.2) is 28.3 Å². The van der Waals surface area contributed by atoms with Gasteiger partial charge in [0, 0.05) is 11.1 Å². The van der Waals surface area contributed by atoms with Gasteiger partial charge in [-0.2, -0.15) is 0 Å². The summed E-state index contributed by atoms with van der Waals surface area (Å²) in [6.45, 7) is 12.3. The fraction of sp³-hybridized carbons (Fsp3) is 0.235. The van der Waals surface area contributed by atoms with E-state index in [0.717, 1.165) is 50.1 Å². The first-order valence-corrected chi connectivity index (χ1v) is 13.7. The first-order valence-electron chi connectivity index (χ1n) is 13.7. The average molecular weight is 514 g/mol. The molecule has 1 saturated heterocycles. The zero-order valence-electron chi connectivity index (χ0n) is 23.6. The lowest BCUT2D eigenvalue weighted by Crippen LogP contribution is -2.41. The third-order valence-electron chi connectivity index (χ3n) is 7.53. The summed E-state index contributed by atoms with van der Waals surface area (Å²) in [6.07, 6.45) is 0. The maximum Gasteiger partial charge on any atom is 0.494 e. The summed E-state index contributed by atoms with van der Waals surface area (Å²) in [5.74, 6) is 0. The van der Waals surface area contributed by atoms with E-state index < -0.39 is 0 Å². The lowest BCUT2D eigenvalue weighted by atomic mass is 9.78. The highest BCUT2D eigenvalue weighted by Crippen LogP contribution is 2.37. The van der Waals surface area contributed by atoms with E-state index >= 15 is 0 Å². The van der Waals surface area contributed by atoms with Crippen molar-refractivity contribution >= 4 is 23.6 Å². The summed E-state index contributed by atoms with van der Waals surface area (Å²) < 4.78 is 12.4. The summed E-state index contributed by atoms with van der Waals surface area (Å²) in [6, 6.07) is 35.2. The van der Waals surface area contributed by atoms with Crippen LogP contribution in [0, 0.1) is 0 Å². The Morgan fingerprint density at radius 3 is 1.49 bits per heavy atom. The Hall–Kier alpha value is -3.80. The summed E-state index contributed by atoms with van der Waals surface area (Å²) in [5.41, 5.74) is 8.11. The Balaban J connectivity index is 0.00000151. The Kier molecular flexibility index (Phi) is 7.39. The van der Waals surface area contributed by atoms with Crippen molar-refractivity contribution in [1.29, 1.82) is 0 Å². The monoisotopic (exact) mass is 514 g/mol. The second-order valence-electron chi connectivity index (χ2n) is 10.6. The molecule has 39 heavy (non-hydrogen) atoms. The highest BCUT2D eigenvalue weighted by Gasteiger charge is 2.51. The van der Waals surface area contributed by atoms with Crippen LogP contribution in [0.25, 0.3) is 44.7 Å². The molecule has 0 radical (unpaired) electrons. The zero-order chi connectivity index (χ0) is 27.6. The molecule has 4 nitrogen and oxygen atoms in total. The minimum atomic E-state index is -0.369. The van der Waals surface area contributed by atoms with Crippen molar-refractivity contribution in [3.8, 4) is 33.6 Å². The lowest BCUT2D eigenvalue weighted by molar-refractivity contribution is 0.00578. The van der Waals surface area contributed by atoms with Gasteiger partial charge in [0.05, 0.1) is 33.6 Å². The number of fused-ring (bicyclic) bond motifs is 1. The van der Waals surface area contributed by atoms with Crippen LogP contribution in [0.4, 0.5) is 0 Å². The van der Waals surface area contributed by atoms with E-state index in [1.54, 1.807) is 0 Å². The molecule has 0 unspecified atom stereocenters. The molecule has 2 heterocycles. The maximum atomic E-state index is 6.22. The van der Waals surface area contributed by atoms with Gasteiger partial charge < -0.3 is 9.31 Å². The predicted molar refractivity (Wildman–Crippen MR) is 163 cm³/mol. The summed E-state index contributed by atoms with van der Waals surface area (Å²) in [7, 11) is -0.369. The molecule has 0 aliphatic carbocycles. The van der Waals surface area contributed by atoms with Crippen LogP contribution in [0.5, 0.6) is 0 Å². The molecule has 0 bridgehead atoms. The number of nitrogens with zero attached hydrogens (tertiary/aromatic N) is 2. The Labute approximate surface area is 232 Å². The highest BCUT2D eigenvalue weighted by molar-refractivity contribution is 6.62. The molecule has 0 atom stereocenters. The fourth-order valence-corrected chi connectivity index (χ4v) is 4.64. The molecule has 0 N–H and O–H groups in total. The number of benzene rings is 4. The van der Waals surface area contributed by atoms with Gasteiger partial charge in [0.25, 0.3) is 0 Å². The predicted octanol–water partition coefficient (Wildman–Crippen LogP) is 7.96. The molecule has 1 aromatic heterocycles. The standard InChI is InChI=1S/C32H29BN2O2.C2H6/c1-31(2)32(3,4)37-33(36-31)26-18-15-22(16-19-26)25-17-20-27-28(21-25)35-30(24-13-9-6-10-14-24)29(34-27)23-11-7-5-8-12-23;1-2/h5-21H,1-4H3;1-2H3. The van der Waals surface area contributed by atoms with Gasteiger partial charge in [-0.05, 0) is 56.4 Å². The minimum Gasteiger partial charge on any atom is -0.399 e. The zero-order valence-corrected chi connectivity index (χ0v) is 23.6. The van der Waals surface area contributed by atoms with E-state index in [9.17, 15) is 0 Å². The summed E-state index contributed by atoms with van der Waals surface area (Å²) >= 11 is 0. The van der Waals surface area contributed by atoms with Crippen molar-refractivity contribution in [2.24, 2.45) is 0 Å². The van der Waals surface area contributed by atoms with Crippen LogP contribution in [0.15, 0.2) is 103 Å². The normalized spacial score (nSPS) is 15.6. The van der Waals surface area contributed by atoms with E-state index in [1.807, 2.05) is 50.2 Å². The van der Waals surface area contributed by atoms with Crippen molar-refractivity contribution in [3.05, 3.63) is 103 Å². The van der Waals surface area contributed by atoms with Gasteiger partial charge in [0.1, 0.15) is 0 Å². The number of hydrogen-bond donors (Lipinski definition) is 0. The van der Waals surface area contributed by atoms with Crippen molar-refractivity contribution in [2.75, 3.05) is 0 Å². The van der Waals surface area contributed by atoms with Gasteiger partial charge in [0.15, 0.2) is 0 Å². The van der Waals surface area contributed by atoms with Crippen LogP contribution in [0.1, 0.15) is 41.5 Å². The van der Waals surface area contributed by atoms with Gasteiger partial charge in [0.2, 0.25) is 0 Å². The second-order valence-corrected chi connectivity index (χ2v) is 10.6. The van der Waals surface area contributed by atoms with E-state index in [0.29, 0.717) is 0 Å². The molecule has 5 heteroatoms. The molecule has 0 amide bonds. The van der Waals surface area contributed by atoms with Crippen LogP contribution >= 0.6 is 0 Å². The molecule has 1 aliphatic rings.